The van der Waals surface area contributed by atoms with Gasteiger partial charge in [0, 0.05) is 18.7 Å². The number of rotatable bonds is 2. The first-order chi connectivity index (χ1) is 12.0. The number of aromatic nitrogens is 2. The molecule has 6 nitrogen and oxygen atoms in total. The molecule has 2 atom stereocenters. The van der Waals surface area contributed by atoms with Crippen LogP contribution < -0.4 is 5.73 Å². The highest BCUT2D eigenvalue weighted by molar-refractivity contribution is 5.59. The predicted octanol–water partition coefficient (Wildman–Crippen LogP) is 2.81. The van der Waals surface area contributed by atoms with Crippen LogP contribution in [0, 0.1) is 52.2 Å². The normalized spacial score (nSPS) is 24.5. The maximum Gasteiger partial charge on any atom is 0.191 e. The van der Waals surface area contributed by atoms with Crippen LogP contribution in [0.25, 0.3) is 0 Å². The van der Waals surface area contributed by atoms with Gasteiger partial charge in [0.15, 0.2) is 5.41 Å². The van der Waals surface area contributed by atoms with E-state index >= 15 is 0 Å². The Bertz CT molecular complexity index is 882. The minimum atomic E-state index is -1.54. The van der Waals surface area contributed by atoms with Gasteiger partial charge in [0.05, 0.1) is 29.1 Å². The third-order valence-corrected chi connectivity index (χ3v) is 5.44. The summed E-state index contributed by atoms with van der Waals surface area (Å²) in [6, 6.07) is 6.46. The average molecular weight is 332 g/mol. The zero-order valence-corrected chi connectivity index (χ0v) is 14.5. The molecule has 0 fully saturated rings. The fourth-order valence-electron chi connectivity index (χ4n) is 4.22. The lowest BCUT2D eigenvalue weighted by Crippen LogP contribution is -2.42. The molecule has 0 aliphatic heterocycles. The third kappa shape index (κ3) is 2.24. The van der Waals surface area contributed by atoms with Crippen molar-refractivity contribution in [3.8, 4) is 18.2 Å². The number of allylic oxidation sites excluding steroid dienone is 4. The van der Waals surface area contributed by atoms with Crippen molar-refractivity contribution in [3.63, 3.8) is 0 Å². The van der Waals surface area contributed by atoms with Crippen LogP contribution in [0.3, 0.4) is 0 Å². The molecule has 0 spiro atoms. The summed E-state index contributed by atoms with van der Waals surface area (Å²) < 4.78 is 1.82. The summed E-state index contributed by atoms with van der Waals surface area (Å²) in [5, 5.41) is 34.0. The summed E-state index contributed by atoms with van der Waals surface area (Å²) in [4.78, 5) is 0. The maximum absolute atomic E-state index is 9.96. The van der Waals surface area contributed by atoms with Gasteiger partial charge in [-0.25, -0.2) is 0 Å². The Morgan fingerprint density at radius 3 is 2.64 bits per heavy atom. The summed E-state index contributed by atoms with van der Waals surface area (Å²) in [5.74, 6) is -0.477. The van der Waals surface area contributed by atoms with Crippen LogP contribution in [0.2, 0.25) is 0 Å². The van der Waals surface area contributed by atoms with Gasteiger partial charge in [-0.3, -0.25) is 4.68 Å². The predicted molar refractivity (Wildman–Crippen MR) is 91.3 cm³/mol. The number of aryl methyl sites for hydroxylation is 2. The number of nitriles is 3. The summed E-state index contributed by atoms with van der Waals surface area (Å²) in [7, 11) is 0. The van der Waals surface area contributed by atoms with Crippen LogP contribution in [0.15, 0.2) is 29.1 Å². The van der Waals surface area contributed by atoms with Crippen molar-refractivity contribution in [2.24, 2.45) is 17.1 Å². The van der Waals surface area contributed by atoms with E-state index in [0.717, 1.165) is 36.1 Å². The number of nitrogens with zero attached hydrogens (tertiary/aromatic N) is 5. The van der Waals surface area contributed by atoms with Crippen molar-refractivity contribution < 1.29 is 0 Å². The Balaban J connectivity index is 2.33. The van der Waals surface area contributed by atoms with E-state index in [4.69, 9.17) is 5.73 Å². The molecule has 1 heterocycles. The minimum Gasteiger partial charge on any atom is -0.399 e. The second-order valence-electron chi connectivity index (χ2n) is 6.63. The molecule has 0 aromatic carbocycles. The number of hydrogen-bond acceptors (Lipinski definition) is 5. The molecule has 1 aromatic heterocycles. The second kappa shape index (κ2) is 6.11. The topological polar surface area (TPSA) is 115 Å². The van der Waals surface area contributed by atoms with Crippen molar-refractivity contribution in [2.45, 2.75) is 45.6 Å². The number of hydrogen-bond donors (Lipinski definition) is 1. The fourth-order valence-corrected chi connectivity index (χ4v) is 4.22. The molecule has 126 valence electrons. The van der Waals surface area contributed by atoms with Gasteiger partial charge in [0.2, 0.25) is 0 Å². The SMILES string of the molecule is CCn1cc([C@H]2[C@H]3CCCC=C3C(C#N)=C(N)C2(C#N)C#N)c(C)n1. The Morgan fingerprint density at radius 2 is 2.08 bits per heavy atom. The van der Waals surface area contributed by atoms with E-state index in [1.807, 2.05) is 30.8 Å². The summed E-state index contributed by atoms with van der Waals surface area (Å²) >= 11 is 0. The van der Waals surface area contributed by atoms with Crippen LogP contribution in [0.5, 0.6) is 0 Å². The molecule has 1 aromatic rings. The molecule has 2 aliphatic carbocycles. The van der Waals surface area contributed by atoms with E-state index < -0.39 is 11.3 Å². The van der Waals surface area contributed by atoms with Gasteiger partial charge in [0.1, 0.15) is 6.07 Å². The summed E-state index contributed by atoms with van der Waals surface area (Å²) in [5.41, 5.74) is 7.68. The van der Waals surface area contributed by atoms with Crippen LogP contribution in [0.4, 0.5) is 0 Å². The van der Waals surface area contributed by atoms with E-state index in [1.54, 1.807) is 0 Å². The van der Waals surface area contributed by atoms with E-state index in [9.17, 15) is 15.8 Å². The first-order valence-electron chi connectivity index (χ1n) is 8.51. The van der Waals surface area contributed by atoms with Gasteiger partial charge < -0.3 is 5.73 Å². The molecule has 0 saturated carbocycles. The zero-order chi connectivity index (χ0) is 18.2. The molecule has 6 heteroatoms. The van der Waals surface area contributed by atoms with E-state index in [1.165, 1.54) is 0 Å². The smallest absolute Gasteiger partial charge is 0.191 e. The molecule has 0 saturated heterocycles. The summed E-state index contributed by atoms with van der Waals surface area (Å²) in [6.45, 7) is 4.60. The lowest BCUT2D eigenvalue weighted by Gasteiger charge is -2.43. The van der Waals surface area contributed by atoms with Crippen LogP contribution in [-0.2, 0) is 6.54 Å². The van der Waals surface area contributed by atoms with Crippen LogP contribution in [0.1, 0.15) is 43.4 Å². The quantitative estimate of drug-likeness (QED) is 0.894. The average Bonchev–Trinajstić information content (AvgIpc) is 3.01. The highest BCUT2D eigenvalue weighted by Crippen LogP contribution is 2.56. The molecule has 25 heavy (non-hydrogen) atoms. The van der Waals surface area contributed by atoms with Crippen molar-refractivity contribution in [1.82, 2.24) is 9.78 Å². The first kappa shape index (κ1) is 16.8. The molecular weight excluding hydrogens is 312 g/mol. The highest BCUT2D eigenvalue weighted by atomic mass is 15.3. The minimum absolute atomic E-state index is 0.0665. The van der Waals surface area contributed by atoms with E-state index in [-0.39, 0.29) is 11.6 Å². The molecule has 0 unspecified atom stereocenters. The van der Waals surface area contributed by atoms with Crippen molar-refractivity contribution >= 4 is 0 Å². The van der Waals surface area contributed by atoms with Gasteiger partial charge in [-0.2, -0.15) is 20.9 Å². The fraction of sp³-hybridized carbons (Fsp3) is 0.474. The Hall–Kier alpha value is -3.04. The lowest BCUT2D eigenvalue weighted by molar-refractivity contribution is 0.316. The number of fused-ring (bicyclic) bond motifs is 1. The molecule has 3 rings (SSSR count). The largest absolute Gasteiger partial charge is 0.399 e. The molecular formula is C19H20N6. The third-order valence-electron chi connectivity index (χ3n) is 5.44. The molecule has 0 radical (unpaired) electrons. The molecule has 0 bridgehead atoms. The second-order valence-corrected chi connectivity index (χ2v) is 6.63. The van der Waals surface area contributed by atoms with Gasteiger partial charge in [-0.05, 0) is 50.2 Å². The Kier molecular flexibility index (Phi) is 4.11. The van der Waals surface area contributed by atoms with Gasteiger partial charge in [-0.1, -0.05) is 6.08 Å². The number of nitrogens with two attached hydrogens (primary N) is 1. The Morgan fingerprint density at radius 1 is 1.36 bits per heavy atom. The maximum atomic E-state index is 9.96. The van der Waals surface area contributed by atoms with Crippen molar-refractivity contribution in [2.75, 3.05) is 0 Å². The van der Waals surface area contributed by atoms with Crippen molar-refractivity contribution in [3.05, 3.63) is 40.4 Å². The van der Waals surface area contributed by atoms with Gasteiger partial charge >= 0.3 is 0 Å². The van der Waals surface area contributed by atoms with Crippen LogP contribution >= 0.6 is 0 Å². The summed E-state index contributed by atoms with van der Waals surface area (Å²) in [6.07, 6.45) is 6.65. The highest BCUT2D eigenvalue weighted by Gasteiger charge is 2.54. The zero-order valence-electron chi connectivity index (χ0n) is 14.5. The molecule has 2 N–H and O–H groups in total. The standard InChI is InChI=1S/C19H20N6/c1-3-25-9-16(12(2)24-25)17-14-7-5-4-6-13(14)15(8-20)18(23)19(17,10-21)11-22/h6,9,14,17H,3-5,7,23H2,1-2H3/t14-,17+/m0/s1. The Labute approximate surface area is 147 Å². The first-order valence-corrected chi connectivity index (χ1v) is 8.51. The van der Waals surface area contributed by atoms with E-state index in [2.05, 4.69) is 23.3 Å². The van der Waals surface area contributed by atoms with Crippen LogP contribution in [-0.4, -0.2) is 9.78 Å². The van der Waals surface area contributed by atoms with Crippen molar-refractivity contribution in [1.29, 1.82) is 15.8 Å². The monoisotopic (exact) mass is 332 g/mol. The molecule has 2 aliphatic rings. The van der Waals surface area contributed by atoms with E-state index in [0.29, 0.717) is 12.1 Å². The molecule has 0 amide bonds. The van der Waals surface area contributed by atoms with Gasteiger partial charge in [-0.15, -0.1) is 0 Å². The van der Waals surface area contributed by atoms with Gasteiger partial charge in [0.25, 0.3) is 0 Å². The lowest BCUT2D eigenvalue weighted by atomic mass is 9.57.